The van der Waals surface area contributed by atoms with Crippen LogP contribution in [0.4, 0.5) is 5.69 Å². The monoisotopic (exact) mass is 551 g/mol. The fourth-order valence-corrected chi connectivity index (χ4v) is 5.31. The van der Waals surface area contributed by atoms with Crippen molar-refractivity contribution in [2.24, 2.45) is 0 Å². The van der Waals surface area contributed by atoms with Gasteiger partial charge in [0.25, 0.3) is 0 Å². The van der Waals surface area contributed by atoms with Crippen molar-refractivity contribution in [2.75, 3.05) is 30.4 Å². The summed E-state index contributed by atoms with van der Waals surface area (Å²) in [6.45, 7) is 3.83. The predicted molar refractivity (Wildman–Crippen MR) is 149 cm³/mol. The average molecular weight is 552 g/mol. The molecule has 3 aromatic carbocycles. The molecule has 3 aromatic rings. The molecule has 1 N–H and O–H groups in total. The number of ether oxygens (including phenoxy) is 2. The summed E-state index contributed by atoms with van der Waals surface area (Å²) in [5.74, 6) is 0.0827. The van der Waals surface area contributed by atoms with Gasteiger partial charge in [-0.25, -0.2) is 8.42 Å². The van der Waals surface area contributed by atoms with Gasteiger partial charge in [-0.05, 0) is 42.7 Å². The second-order valence-electron chi connectivity index (χ2n) is 9.36. The van der Waals surface area contributed by atoms with Crippen LogP contribution in [0.2, 0.25) is 0 Å². The topological polar surface area (TPSA) is 105 Å². The van der Waals surface area contributed by atoms with Crippen molar-refractivity contribution in [3.05, 3.63) is 89.5 Å². The largest absolute Gasteiger partial charge is 0.454 e. The molecule has 4 rings (SSSR count). The van der Waals surface area contributed by atoms with Crippen LogP contribution < -0.4 is 19.1 Å². The van der Waals surface area contributed by atoms with Crippen molar-refractivity contribution >= 4 is 27.5 Å². The zero-order valence-electron chi connectivity index (χ0n) is 22.3. The molecule has 1 aliphatic rings. The van der Waals surface area contributed by atoms with Crippen molar-refractivity contribution < 1.29 is 27.5 Å². The molecule has 0 radical (unpaired) electrons. The van der Waals surface area contributed by atoms with E-state index >= 15 is 0 Å². The number of hydrogen-bond acceptors (Lipinski definition) is 6. The number of sulfonamides is 1. The van der Waals surface area contributed by atoms with E-state index in [0.717, 1.165) is 27.3 Å². The Bertz CT molecular complexity index is 1430. The number of benzene rings is 3. The predicted octanol–water partition coefficient (Wildman–Crippen LogP) is 3.27. The third kappa shape index (κ3) is 6.88. The van der Waals surface area contributed by atoms with Crippen LogP contribution >= 0.6 is 0 Å². The minimum absolute atomic E-state index is 0.0362. The first-order valence-corrected chi connectivity index (χ1v) is 14.5. The quantitative estimate of drug-likeness (QED) is 0.392. The minimum atomic E-state index is -3.87. The molecule has 0 spiro atoms. The van der Waals surface area contributed by atoms with Crippen LogP contribution in [0.1, 0.15) is 23.6 Å². The van der Waals surface area contributed by atoms with E-state index in [1.165, 1.54) is 11.0 Å². The Labute approximate surface area is 229 Å². The normalized spacial score (nSPS) is 13.0. The smallest absolute Gasteiger partial charge is 0.244 e. The van der Waals surface area contributed by atoms with Crippen LogP contribution in [-0.4, -0.2) is 57.3 Å². The summed E-state index contributed by atoms with van der Waals surface area (Å²) in [5.41, 5.74) is 2.97. The maximum Gasteiger partial charge on any atom is 0.244 e. The van der Waals surface area contributed by atoms with Crippen LogP contribution in [0.15, 0.2) is 72.8 Å². The summed E-state index contributed by atoms with van der Waals surface area (Å²) >= 11 is 0. The standard InChI is InChI=1S/C29H33N3O6S/c1-4-30-29(34)25(16-22-11-6-5-7-12-22)31(18-23-13-9-8-10-21(23)2)28(33)19-32(39(3,35)36)24-14-15-26-27(17-24)38-20-37-26/h5-15,17,25H,4,16,18-20H2,1-3H3,(H,30,34)/t25-/m0/s1. The van der Waals surface area contributed by atoms with Gasteiger partial charge in [0.2, 0.25) is 28.6 Å². The molecule has 0 saturated heterocycles. The first-order valence-electron chi connectivity index (χ1n) is 12.7. The van der Waals surface area contributed by atoms with Crippen molar-refractivity contribution in [1.82, 2.24) is 10.2 Å². The second kappa shape index (κ2) is 12.2. The second-order valence-corrected chi connectivity index (χ2v) is 11.3. The lowest BCUT2D eigenvalue weighted by Gasteiger charge is -2.33. The lowest BCUT2D eigenvalue weighted by atomic mass is 10.0. The zero-order chi connectivity index (χ0) is 28.0. The fourth-order valence-electron chi connectivity index (χ4n) is 4.47. The Hall–Kier alpha value is -4.05. The molecule has 1 heterocycles. The van der Waals surface area contributed by atoms with Crippen molar-refractivity contribution in [3.63, 3.8) is 0 Å². The SMILES string of the molecule is CCNC(=O)[C@H](Cc1ccccc1)N(Cc1ccccc1C)C(=O)CN(c1ccc2c(c1)OCO2)S(C)(=O)=O. The summed E-state index contributed by atoms with van der Waals surface area (Å²) in [6, 6.07) is 20.9. The molecule has 1 atom stereocenters. The first kappa shape index (κ1) is 28.0. The summed E-state index contributed by atoms with van der Waals surface area (Å²) in [7, 11) is -3.87. The number of rotatable bonds is 11. The highest BCUT2D eigenvalue weighted by Crippen LogP contribution is 2.36. The molecule has 9 nitrogen and oxygen atoms in total. The summed E-state index contributed by atoms with van der Waals surface area (Å²) in [5, 5.41) is 2.85. The number of aryl methyl sites for hydroxylation is 1. The molecule has 206 valence electrons. The number of amides is 2. The van der Waals surface area contributed by atoms with Gasteiger partial charge in [0.1, 0.15) is 12.6 Å². The van der Waals surface area contributed by atoms with Crippen LogP contribution in [0.3, 0.4) is 0 Å². The molecular formula is C29H33N3O6S. The van der Waals surface area contributed by atoms with Crippen LogP contribution in [0.5, 0.6) is 11.5 Å². The Morgan fingerprint density at radius 1 is 0.974 bits per heavy atom. The Kier molecular flexibility index (Phi) is 8.75. The third-order valence-electron chi connectivity index (χ3n) is 6.55. The Morgan fingerprint density at radius 2 is 1.67 bits per heavy atom. The number of nitrogens with zero attached hydrogens (tertiary/aromatic N) is 2. The molecular weight excluding hydrogens is 518 g/mol. The lowest BCUT2D eigenvalue weighted by molar-refractivity contribution is -0.140. The number of nitrogens with one attached hydrogen (secondary N) is 1. The molecule has 0 aromatic heterocycles. The molecule has 0 bridgehead atoms. The Morgan fingerprint density at radius 3 is 2.36 bits per heavy atom. The highest BCUT2D eigenvalue weighted by atomic mass is 32.2. The number of fused-ring (bicyclic) bond motifs is 1. The molecule has 39 heavy (non-hydrogen) atoms. The van der Waals surface area contributed by atoms with E-state index in [4.69, 9.17) is 9.47 Å². The fraction of sp³-hybridized carbons (Fsp3) is 0.310. The molecule has 0 unspecified atom stereocenters. The van der Waals surface area contributed by atoms with E-state index in [1.54, 1.807) is 12.1 Å². The number of hydrogen-bond donors (Lipinski definition) is 1. The molecule has 0 fully saturated rings. The van der Waals surface area contributed by atoms with Gasteiger partial charge in [-0.15, -0.1) is 0 Å². The first-order chi connectivity index (χ1) is 18.7. The van der Waals surface area contributed by atoms with Gasteiger partial charge in [0.15, 0.2) is 11.5 Å². The van der Waals surface area contributed by atoms with E-state index in [9.17, 15) is 18.0 Å². The average Bonchev–Trinajstić information content (AvgIpc) is 3.38. The molecule has 2 amide bonds. The van der Waals surface area contributed by atoms with Crippen molar-refractivity contribution in [1.29, 1.82) is 0 Å². The van der Waals surface area contributed by atoms with Crippen molar-refractivity contribution in [3.8, 4) is 11.5 Å². The van der Waals surface area contributed by atoms with Crippen LogP contribution in [0.25, 0.3) is 0 Å². The number of carbonyl (C=O) groups is 2. The summed E-state index contributed by atoms with van der Waals surface area (Å²) in [4.78, 5) is 28.9. The third-order valence-corrected chi connectivity index (χ3v) is 7.69. The maximum absolute atomic E-state index is 14.0. The number of anilines is 1. The lowest BCUT2D eigenvalue weighted by Crippen LogP contribution is -2.53. The van der Waals surface area contributed by atoms with E-state index < -0.39 is 28.5 Å². The van der Waals surface area contributed by atoms with Gasteiger partial charge < -0.3 is 19.7 Å². The number of carbonyl (C=O) groups excluding carboxylic acids is 2. The van der Waals surface area contributed by atoms with E-state index in [-0.39, 0.29) is 31.4 Å². The highest BCUT2D eigenvalue weighted by molar-refractivity contribution is 7.92. The van der Waals surface area contributed by atoms with Gasteiger partial charge in [0, 0.05) is 25.6 Å². The molecule has 1 aliphatic heterocycles. The molecule has 10 heteroatoms. The molecule has 0 saturated carbocycles. The van der Waals surface area contributed by atoms with Crippen LogP contribution in [-0.2, 0) is 32.6 Å². The van der Waals surface area contributed by atoms with Gasteiger partial charge in [-0.2, -0.15) is 0 Å². The zero-order valence-corrected chi connectivity index (χ0v) is 23.1. The van der Waals surface area contributed by atoms with Gasteiger partial charge in [-0.1, -0.05) is 54.6 Å². The Balaban J connectivity index is 1.72. The summed E-state index contributed by atoms with van der Waals surface area (Å²) < 4.78 is 37.6. The van der Waals surface area contributed by atoms with Crippen LogP contribution in [0, 0.1) is 6.92 Å². The van der Waals surface area contributed by atoms with Gasteiger partial charge >= 0.3 is 0 Å². The van der Waals surface area contributed by atoms with Gasteiger partial charge in [0.05, 0.1) is 11.9 Å². The van der Waals surface area contributed by atoms with E-state index in [1.807, 2.05) is 68.4 Å². The van der Waals surface area contributed by atoms with Gasteiger partial charge in [-0.3, -0.25) is 13.9 Å². The number of likely N-dealkylation sites (N-methyl/N-ethyl adjacent to an activating group) is 1. The summed E-state index contributed by atoms with van der Waals surface area (Å²) in [6.07, 6.45) is 1.31. The molecule has 0 aliphatic carbocycles. The van der Waals surface area contributed by atoms with Crippen molar-refractivity contribution in [2.45, 2.75) is 32.9 Å². The van der Waals surface area contributed by atoms with E-state index in [2.05, 4.69) is 5.32 Å². The maximum atomic E-state index is 14.0. The minimum Gasteiger partial charge on any atom is -0.454 e. The highest BCUT2D eigenvalue weighted by Gasteiger charge is 2.33. The van der Waals surface area contributed by atoms with E-state index in [0.29, 0.717) is 18.0 Å².